The van der Waals surface area contributed by atoms with Gasteiger partial charge < -0.3 is 5.11 Å². The van der Waals surface area contributed by atoms with Crippen LogP contribution in [0.25, 0.3) is 0 Å². The summed E-state index contributed by atoms with van der Waals surface area (Å²) in [6, 6.07) is 10.9. The van der Waals surface area contributed by atoms with E-state index in [1.54, 1.807) is 5.57 Å². The molecular formula is C29H40O. The lowest BCUT2D eigenvalue weighted by Gasteiger charge is -2.57. The minimum absolute atomic E-state index is 0.117. The minimum Gasteiger partial charge on any atom is -0.393 e. The predicted molar refractivity (Wildman–Crippen MR) is 125 cm³/mol. The third-order valence-corrected chi connectivity index (χ3v) is 10.1. The van der Waals surface area contributed by atoms with Crippen LogP contribution in [0.5, 0.6) is 0 Å². The molecule has 1 aromatic rings. The van der Waals surface area contributed by atoms with Gasteiger partial charge in [0.05, 0.1) is 6.10 Å². The quantitative estimate of drug-likeness (QED) is 0.574. The Bertz CT molecular complexity index is 822. The zero-order valence-corrected chi connectivity index (χ0v) is 19.2. The van der Waals surface area contributed by atoms with Crippen LogP contribution < -0.4 is 0 Å². The van der Waals surface area contributed by atoms with Gasteiger partial charge in [-0.1, -0.05) is 69.3 Å². The van der Waals surface area contributed by atoms with Crippen molar-refractivity contribution in [2.45, 2.75) is 78.2 Å². The highest BCUT2D eigenvalue weighted by atomic mass is 16.3. The fourth-order valence-electron chi connectivity index (χ4n) is 8.60. The number of aryl methyl sites for hydroxylation is 1. The van der Waals surface area contributed by atoms with E-state index in [0.717, 1.165) is 24.7 Å². The number of fused-ring (bicyclic) bond motifs is 5. The van der Waals surface area contributed by atoms with Crippen LogP contribution in [0.2, 0.25) is 0 Å². The second kappa shape index (κ2) is 7.66. The molecule has 1 nitrogen and oxygen atoms in total. The molecule has 2 unspecified atom stereocenters. The maximum absolute atomic E-state index is 11.3. The monoisotopic (exact) mass is 404 g/mol. The van der Waals surface area contributed by atoms with Gasteiger partial charge in [0.25, 0.3) is 0 Å². The van der Waals surface area contributed by atoms with E-state index in [0.29, 0.717) is 28.6 Å². The van der Waals surface area contributed by atoms with Gasteiger partial charge in [-0.15, -0.1) is 0 Å². The Balaban J connectivity index is 1.36. The van der Waals surface area contributed by atoms with E-state index >= 15 is 0 Å². The number of benzene rings is 1. The van der Waals surface area contributed by atoms with Gasteiger partial charge in [0, 0.05) is 0 Å². The van der Waals surface area contributed by atoms with Crippen molar-refractivity contribution in [2.24, 2.45) is 40.4 Å². The molecule has 0 saturated heterocycles. The topological polar surface area (TPSA) is 20.2 Å². The Kier molecular flexibility index (Phi) is 5.25. The number of hydrogen-bond acceptors (Lipinski definition) is 1. The van der Waals surface area contributed by atoms with Crippen LogP contribution in [0.15, 0.2) is 54.1 Å². The first-order valence-corrected chi connectivity index (χ1v) is 12.5. The molecule has 0 radical (unpaired) electrons. The molecule has 162 valence electrons. The van der Waals surface area contributed by atoms with Gasteiger partial charge >= 0.3 is 0 Å². The summed E-state index contributed by atoms with van der Waals surface area (Å²) in [5.41, 5.74) is 3.74. The van der Waals surface area contributed by atoms with Gasteiger partial charge in [0.15, 0.2) is 0 Å². The lowest BCUT2D eigenvalue weighted by molar-refractivity contribution is -0.0514. The Hall–Kier alpha value is -1.34. The number of rotatable bonds is 4. The van der Waals surface area contributed by atoms with Gasteiger partial charge in [-0.25, -0.2) is 0 Å². The molecule has 0 bridgehead atoms. The van der Waals surface area contributed by atoms with Crippen LogP contribution >= 0.6 is 0 Å². The van der Waals surface area contributed by atoms with Gasteiger partial charge in [-0.2, -0.15) is 0 Å². The SMILES string of the molecule is CC(CCc1ccccc1)[C@H]1C(O)C[C@H]2[C@@H]3CC=C4C=CCC[C@]4(C)[C@H]3CC[C@]12C. The van der Waals surface area contributed by atoms with Crippen molar-refractivity contribution >= 4 is 0 Å². The van der Waals surface area contributed by atoms with Crippen molar-refractivity contribution in [3.63, 3.8) is 0 Å². The summed E-state index contributed by atoms with van der Waals surface area (Å²) in [6.07, 6.45) is 17.1. The molecule has 5 rings (SSSR count). The van der Waals surface area contributed by atoms with Crippen molar-refractivity contribution < 1.29 is 5.11 Å². The first kappa shape index (κ1) is 20.6. The Morgan fingerprint density at radius 2 is 1.90 bits per heavy atom. The lowest BCUT2D eigenvalue weighted by atomic mass is 9.47. The summed E-state index contributed by atoms with van der Waals surface area (Å²) in [4.78, 5) is 0. The molecule has 0 spiro atoms. The molecule has 4 aliphatic rings. The molecule has 1 aromatic carbocycles. The van der Waals surface area contributed by atoms with Crippen LogP contribution in [0.4, 0.5) is 0 Å². The summed E-state index contributed by atoms with van der Waals surface area (Å²) in [5.74, 6) is 3.30. The van der Waals surface area contributed by atoms with Crippen LogP contribution in [-0.4, -0.2) is 11.2 Å². The number of aliphatic hydroxyl groups is 1. The third-order valence-electron chi connectivity index (χ3n) is 10.1. The fraction of sp³-hybridized carbons (Fsp3) is 0.655. The molecule has 2 fully saturated rings. The van der Waals surface area contributed by atoms with Crippen molar-refractivity contribution in [3.8, 4) is 0 Å². The third kappa shape index (κ3) is 3.15. The highest BCUT2D eigenvalue weighted by Crippen LogP contribution is 2.66. The molecule has 0 amide bonds. The van der Waals surface area contributed by atoms with E-state index in [-0.39, 0.29) is 6.10 Å². The zero-order valence-electron chi connectivity index (χ0n) is 19.2. The van der Waals surface area contributed by atoms with E-state index in [4.69, 9.17) is 0 Å². The lowest BCUT2D eigenvalue weighted by Crippen LogP contribution is -2.49. The summed E-state index contributed by atoms with van der Waals surface area (Å²) in [5, 5.41) is 11.3. The molecule has 2 saturated carbocycles. The molecule has 8 atom stereocenters. The number of aliphatic hydroxyl groups excluding tert-OH is 1. The molecule has 0 heterocycles. The number of allylic oxidation sites excluding steroid dienone is 4. The standard InChI is InChI=1S/C29H40O/c1-20(12-13-21-9-5-4-6-10-21)27-26(30)19-25-23-15-14-22-11-7-8-17-28(22,2)24(23)16-18-29(25,27)3/h4-7,9-11,14,20,23-27,30H,8,12-13,15-19H2,1-3H3/t20?,23-,24+,25+,26?,27+,28+,29+/m1/s1. The molecule has 1 heteroatoms. The van der Waals surface area contributed by atoms with Gasteiger partial charge in [0.1, 0.15) is 0 Å². The highest BCUT2D eigenvalue weighted by Gasteiger charge is 2.61. The normalized spacial score (nSPS) is 43.3. The van der Waals surface area contributed by atoms with Crippen LogP contribution in [-0.2, 0) is 6.42 Å². The second-order valence-corrected chi connectivity index (χ2v) is 11.5. The van der Waals surface area contributed by atoms with Gasteiger partial charge in [-0.05, 0) is 103 Å². The smallest absolute Gasteiger partial charge is 0.0579 e. The molecule has 4 aliphatic carbocycles. The summed E-state index contributed by atoms with van der Waals surface area (Å²) in [6.45, 7) is 7.52. The molecule has 0 aromatic heterocycles. The van der Waals surface area contributed by atoms with Gasteiger partial charge in [0.2, 0.25) is 0 Å². The first-order valence-electron chi connectivity index (χ1n) is 12.5. The summed E-state index contributed by atoms with van der Waals surface area (Å²) in [7, 11) is 0. The predicted octanol–water partition coefficient (Wildman–Crippen LogP) is 6.97. The Morgan fingerprint density at radius 3 is 2.70 bits per heavy atom. The van der Waals surface area contributed by atoms with E-state index in [1.165, 1.54) is 44.1 Å². The fourth-order valence-corrected chi connectivity index (χ4v) is 8.60. The Morgan fingerprint density at radius 1 is 1.10 bits per heavy atom. The number of hydrogen-bond donors (Lipinski definition) is 1. The average Bonchev–Trinajstić information content (AvgIpc) is 3.02. The van der Waals surface area contributed by atoms with Crippen LogP contribution in [0, 0.1) is 40.4 Å². The van der Waals surface area contributed by atoms with E-state index in [9.17, 15) is 5.11 Å². The average molecular weight is 405 g/mol. The van der Waals surface area contributed by atoms with Crippen molar-refractivity contribution in [2.75, 3.05) is 0 Å². The highest BCUT2D eigenvalue weighted by molar-refractivity contribution is 5.34. The maximum atomic E-state index is 11.3. The molecule has 0 aliphatic heterocycles. The minimum atomic E-state index is -0.117. The molecule has 30 heavy (non-hydrogen) atoms. The largest absolute Gasteiger partial charge is 0.393 e. The van der Waals surface area contributed by atoms with Gasteiger partial charge in [-0.3, -0.25) is 0 Å². The molecular weight excluding hydrogens is 364 g/mol. The van der Waals surface area contributed by atoms with Crippen molar-refractivity contribution in [1.29, 1.82) is 0 Å². The van der Waals surface area contributed by atoms with E-state index < -0.39 is 0 Å². The summed E-state index contributed by atoms with van der Waals surface area (Å²) >= 11 is 0. The summed E-state index contributed by atoms with van der Waals surface area (Å²) < 4.78 is 0. The van der Waals surface area contributed by atoms with Crippen molar-refractivity contribution in [3.05, 3.63) is 59.7 Å². The first-order chi connectivity index (χ1) is 14.4. The van der Waals surface area contributed by atoms with Crippen molar-refractivity contribution in [1.82, 2.24) is 0 Å². The zero-order chi connectivity index (χ0) is 20.9. The van der Waals surface area contributed by atoms with Crippen LogP contribution in [0.3, 0.4) is 0 Å². The Labute approximate surface area is 183 Å². The maximum Gasteiger partial charge on any atom is 0.0579 e. The van der Waals surface area contributed by atoms with Crippen LogP contribution in [0.1, 0.15) is 71.3 Å². The molecule has 1 N–H and O–H groups in total. The van der Waals surface area contributed by atoms with E-state index in [2.05, 4.69) is 69.3 Å². The second-order valence-electron chi connectivity index (χ2n) is 11.5. The van der Waals surface area contributed by atoms with E-state index in [1.807, 2.05) is 0 Å².